The summed E-state index contributed by atoms with van der Waals surface area (Å²) in [6.07, 6.45) is 9.64. The molecule has 0 saturated heterocycles. The Hall–Kier alpha value is 0.830. The lowest BCUT2D eigenvalue weighted by Gasteiger charge is -1.98. The van der Waals surface area contributed by atoms with Crippen LogP contribution in [0, 0.1) is 0 Å². The molecule has 68 valence electrons. The Bertz CT molecular complexity index is 58.6. The Kier molecular flexibility index (Phi) is 11.6. The van der Waals surface area contributed by atoms with Crippen molar-refractivity contribution in [2.24, 2.45) is 0 Å². The van der Waals surface area contributed by atoms with Crippen LogP contribution < -0.4 is 0 Å². The van der Waals surface area contributed by atoms with E-state index in [0.29, 0.717) is 0 Å². The van der Waals surface area contributed by atoms with Crippen LogP contribution in [0.4, 0.5) is 0 Å². The van der Waals surface area contributed by atoms with Gasteiger partial charge in [-0.3, -0.25) is 0 Å². The summed E-state index contributed by atoms with van der Waals surface area (Å²) in [5.74, 6) is 1.06. The van der Waals surface area contributed by atoms with E-state index in [2.05, 4.69) is 28.6 Å². The summed E-state index contributed by atoms with van der Waals surface area (Å²) in [5, 5.41) is 1.17. The highest BCUT2D eigenvalue weighted by molar-refractivity contribution is 9.09. The molecular formula is C9H19BrS. The van der Waals surface area contributed by atoms with Crippen LogP contribution in [0.3, 0.4) is 0 Å². The van der Waals surface area contributed by atoms with E-state index in [1.54, 1.807) is 0 Å². The minimum atomic E-state index is 1.06. The normalized spacial score (nSPS) is 10.4. The molecule has 0 spiro atoms. The predicted molar refractivity (Wildman–Crippen MR) is 60.0 cm³/mol. The van der Waals surface area contributed by atoms with Crippen molar-refractivity contribution < 1.29 is 0 Å². The summed E-state index contributed by atoms with van der Waals surface area (Å²) in [6, 6.07) is 0. The van der Waals surface area contributed by atoms with Gasteiger partial charge in [0.2, 0.25) is 0 Å². The second kappa shape index (κ2) is 10.8. The van der Waals surface area contributed by atoms with Gasteiger partial charge in [0.1, 0.15) is 0 Å². The zero-order valence-corrected chi connectivity index (χ0v) is 9.67. The number of hydrogen-bond donors (Lipinski definition) is 1. The number of rotatable bonds is 8. The first-order valence-electron chi connectivity index (χ1n) is 4.58. The van der Waals surface area contributed by atoms with Gasteiger partial charge >= 0.3 is 0 Å². The summed E-state index contributed by atoms with van der Waals surface area (Å²) >= 11 is 7.61. The van der Waals surface area contributed by atoms with E-state index in [1.807, 2.05) is 0 Å². The Labute approximate surface area is 84.7 Å². The van der Waals surface area contributed by atoms with Crippen LogP contribution in [0.2, 0.25) is 0 Å². The topological polar surface area (TPSA) is 0 Å². The van der Waals surface area contributed by atoms with Crippen molar-refractivity contribution >= 4 is 28.6 Å². The fraction of sp³-hybridized carbons (Fsp3) is 1.00. The van der Waals surface area contributed by atoms with E-state index in [4.69, 9.17) is 0 Å². The quantitative estimate of drug-likeness (QED) is 0.369. The van der Waals surface area contributed by atoms with Crippen molar-refractivity contribution in [3.05, 3.63) is 0 Å². The van der Waals surface area contributed by atoms with Gasteiger partial charge in [-0.1, -0.05) is 48.0 Å². The SMILES string of the molecule is SCCCCCCCCCBr. The van der Waals surface area contributed by atoms with Crippen molar-refractivity contribution in [3.8, 4) is 0 Å². The molecule has 2 heteroatoms. The fourth-order valence-corrected chi connectivity index (χ4v) is 1.71. The molecule has 0 radical (unpaired) electrons. The summed E-state index contributed by atoms with van der Waals surface area (Å²) in [7, 11) is 0. The third-order valence-corrected chi connectivity index (χ3v) is 2.67. The number of thiol groups is 1. The smallest absolute Gasteiger partial charge is 0.00313 e. The zero-order chi connectivity index (χ0) is 8.36. The predicted octanol–water partition coefficient (Wildman–Crippen LogP) is 4.04. The first kappa shape index (κ1) is 11.8. The van der Waals surface area contributed by atoms with Gasteiger partial charge in [0, 0.05) is 5.33 Å². The molecule has 0 N–H and O–H groups in total. The lowest BCUT2D eigenvalue weighted by molar-refractivity contribution is 0.606. The molecule has 0 fully saturated rings. The molecule has 0 nitrogen and oxygen atoms in total. The monoisotopic (exact) mass is 238 g/mol. The maximum atomic E-state index is 4.17. The Morgan fingerprint density at radius 1 is 0.727 bits per heavy atom. The summed E-state index contributed by atoms with van der Waals surface area (Å²) in [6.45, 7) is 0. The third-order valence-electron chi connectivity index (χ3n) is 1.79. The second-order valence-electron chi connectivity index (χ2n) is 2.89. The van der Waals surface area contributed by atoms with Gasteiger partial charge in [0.15, 0.2) is 0 Å². The maximum Gasteiger partial charge on any atom is 0.00313 e. The van der Waals surface area contributed by atoms with Gasteiger partial charge < -0.3 is 0 Å². The van der Waals surface area contributed by atoms with Crippen LogP contribution in [-0.2, 0) is 0 Å². The van der Waals surface area contributed by atoms with Crippen molar-refractivity contribution in [1.82, 2.24) is 0 Å². The second-order valence-corrected chi connectivity index (χ2v) is 4.13. The maximum absolute atomic E-state index is 4.17. The van der Waals surface area contributed by atoms with Crippen LogP contribution in [0.15, 0.2) is 0 Å². The largest absolute Gasteiger partial charge is 0.179 e. The molecule has 0 bridgehead atoms. The molecule has 0 aliphatic heterocycles. The molecule has 0 atom stereocenters. The Morgan fingerprint density at radius 3 is 1.64 bits per heavy atom. The van der Waals surface area contributed by atoms with E-state index in [9.17, 15) is 0 Å². The Balaban J connectivity index is 2.69. The van der Waals surface area contributed by atoms with Crippen LogP contribution >= 0.6 is 28.6 Å². The minimum absolute atomic E-state index is 1.06. The van der Waals surface area contributed by atoms with E-state index in [-0.39, 0.29) is 0 Å². The zero-order valence-electron chi connectivity index (χ0n) is 7.19. The fourth-order valence-electron chi connectivity index (χ4n) is 1.09. The van der Waals surface area contributed by atoms with E-state index >= 15 is 0 Å². The van der Waals surface area contributed by atoms with E-state index in [0.717, 1.165) is 5.75 Å². The molecule has 0 heterocycles. The van der Waals surface area contributed by atoms with Crippen molar-refractivity contribution in [2.75, 3.05) is 11.1 Å². The number of alkyl halides is 1. The lowest BCUT2D eigenvalue weighted by atomic mass is 10.1. The highest BCUT2D eigenvalue weighted by atomic mass is 79.9. The lowest BCUT2D eigenvalue weighted by Crippen LogP contribution is -1.81. The van der Waals surface area contributed by atoms with Gasteiger partial charge in [-0.15, -0.1) is 0 Å². The molecule has 0 aliphatic carbocycles. The molecule has 0 amide bonds. The van der Waals surface area contributed by atoms with Crippen LogP contribution in [0.5, 0.6) is 0 Å². The summed E-state index contributed by atoms with van der Waals surface area (Å²) in [4.78, 5) is 0. The number of unbranched alkanes of at least 4 members (excludes halogenated alkanes) is 6. The van der Waals surface area contributed by atoms with Gasteiger partial charge in [-0.2, -0.15) is 12.6 Å². The van der Waals surface area contributed by atoms with E-state index < -0.39 is 0 Å². The molecule has 0 rings (SSSR count). The third kappa shape index (κ3) is 10.8. The molecular weight excluding hydrogens is 220 g/mol. The van der Waals surface area contributed by atoms with Gasteiger partial charge in [-0.25, -0.2) is 0 Å². The van der Waals surface area contributed by atoms with Crippen LogP contribution in [0.25, 0.3) is 0 Å². The molecule has 0 aromatic rings. The molecule has 0 aliphatic rings. The highest BCUT2D eigenvalue weighted by Gasteiger charge is 1.89. The molecule has 0 aromatic heterocycles. The van der Waals surface area contributed by atoms with Gasteiger partial charge in [0.05, 0.1) is 0 Å². The summed E-state index contributed by atoms with van der Waals surface area (Å²) in [5.41, 5.74) is 0. The molecule has 0 unspecified atom stereocenters. The van der Waals surface area contributed by atoms with Gasteiger partial charge in [0.25, 0.3) is 0 Å². The number of hydrogen-bond acceptors (Lipinski definition) is 1. The number of halogens is 1. The summed E-state index contributed by atoms with van der Waals surface area (Å²) < 4.78 is 0. The first-order valence-corrected chi connectivity index (χ1v) is 6.34. The molecule has 0 saturated carbocycles. The van der Waals surface area contributed by atoms with E-state index in [1.165, 1.54) is 50.3 Å². The average Bonchev–Trinajstić information content (AvgIpc) is 2.03. The van der Waals surface area contributed by atoms with Crippen molar-refractivity contribution in [3.63, 3.8) is 0 Å². The van der Waals surface area contributed by atoms with Crippen LogP contribution in [0.1, 0.15) is 44.9 Å². The minimum Gasteiger partial charge on any atom is -0.179 e. The highest BCUT2D eigenvalue weighted by Crippen LogP contribution is 2.08. The Morgan fingerprint density at radius 2 is 1.18 bits per heavy atom. The molecule has 0 aromatic carbocycles. The van der Waals surface area contributed by atoms with Gasteiger partial charge in [-0.05, 0) is 18.6 Å². The van der Waals surface area contributed by atoms with Crippen molar-refractivity contribution in [1.29, 1.82) is 0 Å². The first-order chi connectivity index (χ1) is 5.41. The standard InChI is InChI=1S/C9H19BrS/c10-8-6-4-2-1-3-5-7-9-11/h11H,1-9H2. The van der Waals surface area contributed by atoms with Crippen molar-refractivity contribution in [2.45, 2.75) is 44.9 Å². The van der Waals surface area contributed by atoms with Crippen LogP contribution in [-0.4, -0.2) is 11.1 Å². The molecule has 11 heavy (non-hydrogen) atoms. The average molecular weight is 239 g/mol.